The van der Waals surface area contributed by atoms with Crippen molar-refractivity contribution in [2.45, 2.75) is 20.3 Å². The van der Waals surface area contributed by atoms with Gasteiger partial charge in [0.15, 0.2) is 0 Å². The maximum absolute atomic E-state index is 2.34. The van der Waals surface area contributed by atoms with Crippen molar-refractivity contribution in [2.75, 3.05) is 0 Å². The summed E-state index contributed by atoms with van der Waals surface area (Å²) < 4.78 is 0. The molecule has 0 spiro atoms. The van der Waals surface area contributed by atoms with Crippen LogP contribution in [-0.4, -0.2) is 0 Å². The van der Waals surface area contributed by atoms with E-state index in [1.54, 1.807) is 0 Å². The predicted octanol–water partition coefficient (Wildman–Crippen LogP) is 5.89. The number of hydrogen-bond acceptors (Lipinski definition) is 0. The van der Waals surface area contributed by atoms with Crippen molar-refractivity contribution in [3.05, 3.63) is 83.9 Å². The van der Waals surface area contributed by atoms with Gasteiger partial charge in [0.25, 0.3) is 0 Å². The maximum Gasteiger partial charge on any atom is -0.0122 e. The first-order valence-corrected chi connectivity index (χ1v) is 7.54. The molecule has 3 rings (SSSR count). The Bertz CT molecular complexity index is 725. The molecule has 21 heavy (non-hydrogen) atoms. The quantitative estimate of drug-likeness (QED) is 0.557. The Morgan fingerprint density at radius 1 is 0.667 bits per heavy atom. The lowest BCUT2D eigenvalue weighted by Crippen LogP contribution is -1.93. The molecule has 0 unspecified atom stereocenters. The van der Waals surface area contributed by atoms with Crippen molar-refractivity contribution in [3.8, 4) is 22.3 Å². The topological polar surface area (TPSA) is 0 Å². The average Bonchev–Trinajstić information content (AvgIpc) is 2.55. The molecule has 0 saturated heterocycles. The third-order valence-corrected chi connectivity index (χ3v) is 3.97. The van der Waals surface area contributed by atoms with Gasteiger partial charge < -0.3 is 0 Å². The zero-order valence-corrected chi connectivity index (χ0v) is 12.6. The molecule has 0 aliphatic rings. The van der Waals surface area contributed by atoms with Crippen LogP contribution >= 0.6 is 0 Å². The van der Waals surface area contributed by atoms with Crippen LogP contribution in [0.15, 0.2) is 72.8 Å². The first-order valence-electron chi connectivity index (χ1n) is 7.54. The van der Waals surface area contributed by atoms with Gasteiger partial charge in [-0.15, -0.1) is 0 Å². The zero-order valence-electron chi connectivity index (χ0n) is 12.6. The molecule has 0 bridgehead atoms. The molecule has 0 atom stereocenters. The van der Waals surface area contributed by atoms with Gasteiger partial charge in [-0.3, -0.25) is 0 Å². The molecule has 0 fully saturated rings. The lowest BCUT2D eigenvalue weighted by Gasteiger charge is -2.15. The van der Waals surface area contributed by atoms with E-state index in [9.17, 15) is 0 Å². The van der Waals surface area contributed by atoms with Crippen LogP contribution in [-0.2, 0) is 6.42 Å². The fourth-order valence-corrected chi connectivity index (χ4v) is 2.95. The first kappa shape index (κ1) is 13.6. The second-order valence-corrected chi connectivity index (χ2v) is 5.41. The van der Waals surface area contributed by atoms with Gasteiger partial charge in [-0.1, -0.05) is 79.7 Å². The van der Waals surface area contributed by atoms with Gasteiger partial charge in [-0.25, -0.2) is 0 Å². The highest BCUT2D eigenvalue weighted by molar-refractivity contribution is 5.76. The smallest absolute Gasteiger partial charge is 0.0122 e. The molecule has 0 saturated carbocycles. The van der Waals surface area contributed by atoms with Crippen LogP contribution in [0, 0.1) is 6.92 Å². The molecule has 3 aromatic rings. The number of aryl methyl sites for hydroxylation is 2. The normalized spacial score (nSPS) is 10.6. The highest BCUT2D eigenvalue weighted by atomic mass is 14.1. The van der Waals surface area contributed by atoms with Crippen molar-refractivity contribution in [1.29, 1.82) is 0 Å². The minimum atomic E-state index is 1.05. The van der Waals surface area contributed by atoms with E-state index in [4.69, 9.17) is 0 Å². The lowest BCUT2D eigenvalue weighted by molar-refractivity contribution is 1.13. The second kappa shape index (κ2) is 5.97. The van der Waals surface area contributed by atoms with Gasteiger partial charge in [0.2, 0.25) is 0 Å². The summed E-state index contributed by atoms with van der Waals surface area (Å²) in [6.45, 7) is 4.45. The summed E-state index contributed by atoms with van der Waals surface area (Å²) >= 11 is 0. The molecular formula is C21H20. The molecule has 0 N–H and O–H groups in total. The van der Waals surface area contributed by atoms with Crippen LogP contribution in [0.4, 0.5) is 0 Å². The highest BCUT2D eigenvalue weighted by Gasteiger charge is 2.10. The second-order valence-electron chi connectivity index (χ2n) is 5.41. The standard InChI is InChI=1S/C21H20/c1-3-17-15-20(18-10-6-4-7-11-18)14-16(2)21(17)19-12-8-5-9-13-19/h4-15H,3H2,1-2H3. The molecular weight excluding hydrogens is 252 g/mol. The van der Waals surface area contributed by atoms with Crippen LogP contribution in [0.5, 0.6) is 0 Å². The van der Waals surface area contributed by atoms with E-state index in [1.165, 1.54) is 33.4 Å². The Hall–Kier alpha value is -2.34. The fraction of sp³-hybridized carbons (Fsp3) is 0.143. The summed E-state index contributed by atoms with van der Waals surface area (Å²) in [7, 11) is 0. The number of hydrogen-bond donors (Lipinski definition) is 0. The summed E-state index contributed by atoms with van der Waals surface area (Å²) in [5.74, 6) is 0. The maximum atomic E-state index is 2.34. The predicted molar refractivity (Wildman–Crippen MR) is 91.4 cm³/mol. The van der Waals surface area contributed by atoms with Crippen molar-refractivity contribution < 1.29 is 0 Å². The Labute approximate surface area is 127 Å². The summed E-state index contributed by atoms with van der Waals surface area (Å²) in [6, 6.07) is 25.9. The van der Waals surface area contributed by atoms with Gasteiger partial charge in [0, 0.05) is 0 Å². The van der Waals surface area contributed by atoms with E-state index < -0.39 is 0 Å². The molecule has 0 nitrogen and oxygen atoms in total. The fourth-order valence-electron chi connectivity index (χ4n) is 2.95. The molecule has 0 amide bonds. The summed E-state index contributed by atoms with van der Waals surface area (Å²) in [5.41, 5.74) is 8.06. The van der Waals surface area contributed by atoms with E-state index in [2.05, 4.69) is 86.6 Å². The molecule has 0 aliphatic heterocycles. The lowest BCUT2D eigenvalue weighted by atomic mass is 9.90. The Balaban J connectivity index is 2.16. The first-order chi connectivity index (χ1) is 10.3. The molecule has 0 radical (unpaired) electrons. The van der Waals surface area contributed by atoms with E-state index in [0.717, 1.165) is 6.42 Å². The van der Waals surface area contributed by atoms with Crippen LogP contribution in [0.2, 0.25) is 0 Å². The number of rotatable bonds is 3. The van der Waals surface area contributed by atoms with Crippen LogP contribution in [0.25, 0.3) is 22.3 Å². The minimum absolute atomic E-state index is 1.05. The van der Waals surface area contributed by atoms with Gasteiger partial charge in [0.05, 0.1) is 0 Å². The summed E-state index contributed by atoms with van der Waals surface area (Å²) in [5, 5.41) is 0. The Kier molecular flexibility index (Phi) is 3.87. The van der Waals surface area contributed by atoms with Crippen molar-refractivity contribution >= 4 is 0 Å². The molecule has 3 aromatic carbocycles. The Morgan fingerprint density at radius 2 is 1.24 bits per heavy atom. The minimum Gasteiger partial charge on any atom is -0.0622 e. The summed E-state index contributed by atoms with van der Waals surface area (Å²) in [4.78, 5) is 0. The van der Waals surface area contributed by atoms with E-state index in [0.29, 0.717) is 0 Å². The monoisotopic (exact) mass is 272 g/mol. The molecule has 0 aromatic heterocycles. The third-order valence-electron chi connectivity index (χ3n) is 3.97. The van der Waals surface area contributed by atoms with Gasteiger partial charge in [-0.05, 0) is 46.7 Å². The van der Waals surface area contributed by atoms with Gasteiger partial charge >= 0.3 is 0 Å². The van der Waals surface area contributed by atoms with Crippen molar-refractivity contribution in [2.24, 2.45) is 0 Å². The summed E-state index contributed by atoms with van der Waals surface area (Å²) in [6.07, 6.45) is 1.05. The molecule has 0 heteroatoms. The number of benzene rings is 3. The van der Waals surface area contributed by atoms with Crippen LogP contribution < -0.4 is 0 Å². The van der Waals surface area contributed by atoms with E-state index >= 15 is 0 Å². The average molecular weight is 272 g/mol. The SMILES string of the molecule is CCc1cc(-c2ccccc2)cc(C)c1-c1ccccc1. The van der Waals surface area contributed by atoms with Crippen LogP contribution in [0.1, 0.15) is 18.1 Å². The largest absolute Gasteiger partial charge is 0.0622 e. The Morgan fingerprint density at radius 3 is 1.81 bits per heavy atom. The van der Waals surface area contributed by atoms with Crippen LogP contribution in [0.3, 0.4) is 0 Å². The van der Waals surface area contributed by atoms with Crippen molar-refractivity contribution in [1.82, 2.24) is 0 Å². The zero-order chi connectivity index (χ0) is 14.7. The van der Waals surface area contributed by atoms with Gasteiger partial charge in [0.1, 0.15) is 0 Å². The van der Waals surface area contributed by atoms with E-state index in [1.807, 2.05) is 0 Å². The van der Waals surface area contributed by atoms with E-state index in [-0.39, 0.29) is 0 Å². The van der Waals surface area contributed by atoms with Gasteiger partial charge in [-0.2, -0.15) is 0 Å². The molecule has 0 aliphatic carbocycles. The molecule has 104 valence electrons. The highest BCUT2D eigenvalue weighted by Crippen LogP contribution is 2.32. The molecule has 0 heterocycles. The van der Waals surface area contributed by atoms with Crippen molar-refractivity contribution in [3.63, 3.8) is 0 Å². The third kappa shape index (κ3) is 2.75.